The zero-order valence-corrected chi connectivity index (χ0v) is 24.7. The van der Waals surface area contributed by atoms with E-state index in [-0.39, 0.29) is 23.6 Å². The lowest BCUT2D eigenvalue weighted by atomic mass is 9.63. The molecule has 0 spiro atoms. The molecule has 3 aliphatic rings. The smallest absolute Gasteiger partial charge is 0.303 e. The number of pyridine rings is 1. The summed E-state index contributed by atoms with van der Waals surface area (Å²) in [5.41, 5.74) is 0.944. The molecular formula is C31H35FN6O5. The molecule has 226 valence electrons. The van der Waals surface area contributed by atoms with E-state index < -0.39 is 29.3 Å². The summed E-state index contributed by atoms with van der Waals surface area (Å²) in [6.45, 7) is 5.17. The zero-order chi connectivity index (χ0) is 31.0. The normalized spacial score (nSPS) is 22.0. The Bertz CT molecular complexity index is 1600. The third-order valence-electron chi connectivity index (χ3n) is 8.58. The second kappa shape index (κ2) is 11.3. The molecule has 1 unspecified atom stereocenters. The average Bonchev–Trinajstić information content (AvgIpc) is 3.39. The third kappa shape index (κ3) is 6.16. The highest BCUT2D eigenvalue weighted by Gasteiger charge is 2.51. The molecule has 2 N–H and O–H groups in total. The fourth-order valence-corrected chi connectivity index (χ4v) is 6.17. The van der Waals surface area contributed by atoms with E-state index in [9.17, 15) is 19.6 Å². The van der Waals surface area contributed by atoms with E-state index in [2.05, 4.69) is 26.8 Å². The number of nitrogens with zero attached hydrogens (tertiary/aromatic N) is 4. The van der Waals surface area contributed by atoms with Gasteiger partial charge in [0.2, 0.25) is 0 Å². The molecule has 1 amide bonds. The first-order valence-corrected chi connectivity index (χ1v) is 14.3. The van der Waals surface area contributed by atoms with Gasteiger partial charge in [0.1, 0.15) is 17.3 Å². The van der Waals surface area contributed by atoms with Crippen molar-refractivity contribution < 1.29 is 28.2 Å². The van der Waals surface area contributed by atoms with E-state index >= 15 is 4.39 Å². The Morgan fingerprint density at radius 2 is 1.79 bits per heavy atom. The lowest BCUT2D eigenvalue weighted by Gasteiger charge is -2.53. The highest BCUT2D eigenvalue weighted by atomic mass is 19.1. The molecule has 43 heavy (non-hydrogen) atoms. The summed E-state index contributed by atoms with van der Waals surface area (Å²) in [6, 6.07) is 9.26. The molecule has 2 bridgehead atoms. The first kappa shape index (κ1) is 29.9. The number of amides is 1. The minimum atomic E-state index is -1.65. The van der Waals surface area contributed by atoms with Crippen LogP contribution in [0.25, 0.3) is 16.9 Å². The fraction of sp³-hybridized carbons (Fsp3) is 0.484. The van der Waals surface area contributed by atoms with Crippen LogP contribution in [0.5, 0.6) is 0 Å². The van der Waals surface area contributed by atoms with Crippen molar-refractivity contribution >= 4 is 29.0 Å². The van der Waals surface area contributed by atoms with Crippen LogP contribution in [0.3, 0.4) is 0 Å². The number of ether oxygens (including phenoxy) is 2. The van der Waals surface area contributed by atoms with Crippen molar-refractivity contribution in [2.45, 2.75) is 89.1 Å². The minimum Gasteiger partial charge on any atom is -0.459 e. The third-order valence-corrected chi connectivity index (χ3v) is 8.58. The summed E-state index contributed by atoms with van der Waals surface area (Å²) in [5.74, 6) is -1.42. The number of alkyl halides is 1. The summed E-state index contributed by atoms with van der Waals surface area (Å²) in [4.78, 5) is 41.1. The van der Waals surface area contributed by atoms with Crippen molar-refractivity contribution in [3.05, 3.63) is 47.8 Å². The number of hydrogen-bond donors (Lipinski definition) is 2. The Labute approximate surface area is 248 Å². The highest BCUT2D eigenvalue weighted by molar-refractivity contribution is 6.00. The van der Waals surface area contributed by atoms with Crippen molar-refractivity contribution in [3.8, 4) is 17.5 Å². The Hall–Kier alpha value is -4.53. The summed E-state index contributed by atoms with van der Waals surface area (Å²) < 4.78 is 27.5. The summed E-state index contributed by atoms with van der Waals surface area (Å²) in [7, 11) is 0. The predicted molar refractivity (Wildman–Crippen MR) is 155 cm³/mol. The fourth-order valence-electron chi connectivity index (χ4n) is 6.17. The van der Waals surface area contributed by atoms with E-state index in [1.54, 1.807) is 16.6 Å². The van der Waals surface area contributed by atoms with Gasteiger partial charge in [-0.2, -0.15) is 10.4 Å². The highest BCUT2D eigenvalue weighted by Crippen LogP contribution is 2.50. The molecule has 11 nitrogen and oxygen atoms in total. The monoisotopic (exact) mass is 590 g/mol. The van der Waals surface area contributed by atoms with E-state index in [0.717, 1.165) is 24.8 Å². The van der Waals surface area contributed by atoms with Gasteiger partial charge >= 0.3 is 11.9 Å². The number of carbonyl (C=O) groups excluding carboxylic acids is 3. The second-order valence-electron chi connectivity index (χ2n) is 12.1. The van der Waals surface area contributed by atoms with Gasteiger partial charge in [-0.3, -0.25) is 19.4 Å². The average molecular weight is 591 g/mol. The van der Waals surface area contributed by atoms with E-state index in [0.29, 0.717) is 41.9 Å². The molecule has 6 rings (SSSR count). The van der Waals surface area contributed by atoms with E-state index in [1.807, 2.05) is 12.1 Å². The molecule has 3 aromatic rings. The van der Waals surface area contributed by atoms with Gasteiger partial charge in [0.05, 0.1) is 46.5 Å². The maximum Gasteiger partial charge on any atom is 0.303 e. The number of anilines is 1. The molecule has 12 heteroatoms. The predicted octanol–water partition coefficient (Wildman–Crippen LogP) is 4.50. The lowest BCUT2D eigenvalue weighted by Crippen LogP contribution is -2.55. The van der Waals surface area contributed by atoms with Crippen molar-refractivity contribution in [1.29, 1.82) is 5.26 Å². The quantitative estimate of drug-likeness (QED) is 0.344. The first-order valence-electron chi connectivity index (χ1n) is 14.3. The molecule has 3 aromatic heterocycles. The number of nitrogens with one attached hydrogen (secondary N) is 2. The molecule has 3 aliphatic carbocycles. The van der Waals surface area contributed by atoms with Gasteiger partial charge in [-0.25, -0.2) is 8.91 Å². The number of esters is 2. The number of halogens is 1. The van der Waals surface area contributed by atoms with Gasteiger partial charge in [0.15, 0.2) is 6.17 Å². The summed E-state index contributed by atoms with van der Waals surface area (Å²) in [5, 5.41) is 19.9. The van der Waals surface area contributed by atoms with Gasteiger partial charge in [0.25, 0.3) is 5.91 Å². The standard InChI is InChI=1S/C31H35FN6O5/c1-19(39)42-29(3,4)27(32)18-35-28(41)23-17-34-25(26-6-5-22-13-21(15-33)16-36-38(22)26)14-24(23)37-30-7-10-31(11-8-30,12-9-30)43-20(2)40/h5-6,13-14,16-17,27H,7-12,18H2,1-4H3,(H,34,37)(H,35,41). The molecule has 3 saturated carbocycles. The largest absolute Gasteiger partial charge is 0.459 e. The second-order valence-corrected chi connectivity index (χ2v) is 12.1. The van der Waals surface area contributed by atoms with Crippen LogP contribution >= 0.6 is 0 Å². The summed E-state index contributed by atoms with van der Waals surface area (Å²) in [6.07, 6.45) is 5.64. The number of hydrogen-bond acceptors (Lipinski definition) is 9. The number of aromatic nitrogens is 3. The Morgan fingerprint density at radius 3 is 2.42 bits per heavy atom. The molecule has 3 heterocycles. The first-order chi connectivity index (χ1) is 20.3. The number of carbonyl (C=O) groups is 3. The lowest BCUT2D eigenvalue weighted by molar-refractivity contribution is -0.168. The van der Waals surface area contributed by atoms with Crippen LogP contribution in [0, 0.1) is 11.3 Å². The van der Waals surface area contributed by atoms with Crippen molar-refractivity contribution in [2.24, 2.45) is 0 Å². The van der Waals surface area contributed by atoms with Gasteiger partial charge < -0.3 is 20.1 Å². The maximum absolute atomic E-state index is 15.0. The molecule has 0 radical (unpaired) electrons. The molecule has 1 atom stereocenters. The molecule has 0 aliphatic heterocycles. The van der Waals surface area contributed by atoms with Crippen LogP contribution in [0.4, 0.5) is 10.1 Å². The molecule has 0 saturated heterocycles. The Kier molecular flexibility index (Phi) is 7.86. The van der Waals surface area contributed by atoms with E-state index in [1.165, 1.54) is 40.1 Å². The number of nitriles is 1. The van der Waals surface area contributed by atoms with Crippen LogP contribution in [-0.2, 0) is 19.1 Å². The Morgan fingerprint density at radius 1 is 1.09 bits per heavy atom. The van der Waals surface area contributed by atoms with Crippen LogP contribution in [-0.4, -0.2) is 61.9 Å². The maximum atomic E-state index is 15.0. The zero-order valence-electron chi connectivity index (χ0n) is 24.7. The molecule has 3 fully saturated rings. The number of fused-ring (bicyclic) bond motifs is 4. The van der Waals surface area contributed by atoms with Crippen molar-refractivity contribution in [2.75, 3.05) is 11.9 Å². The SMILES string of the molecule is CC(=O)OC12CCC(Nc3cc(-c4ccc5cc(C#N)cnn45)ncc3C(=O)NCC(F)C(C)(C)OC(C)=O)(CC1)CC2. The van der Waals surface area contributed by atoms with Crippen LogP contribution < -0.4 is 10.6 Å². The Balaban J connectivity index is 1.44. The molecular weight excluding hydrogens is 555 g/mol. The molecule has 0 aromatic carbocycles. The van der Waals surface area contributed by atoms with Crippen LogP contribution in [0.1, 0.15) is 82.1 Å². The van der Waals surface area contributed by atoms with Crippen LogP contribution in [0.15, 0.2) is 36.7 Å². The summed E-state index contributed by atoms with van der Waals surface area (Å²) >= 11 is 0. The van der Waals surface area contributed by atoms with Gasteiger partial charge in [-0.15, -0.1) is 0 Å². The van der Waals surface area contributed by atoms with Crippen LogP contribution in [0.2, 0.25) is 0 Å². The number of rotatable bonds is 9. The van der Waals surface area contributed by atoms with Gasteiger partial charge in [-0.05, 0) is 76.6 Å². The van der Waals surface area contributed by atoms with Gasteiger partial charge in [-0.1, -0.05) is 0 Å². The van der Waals surface area contributed by atoms with E-state index in [4.69, 9.17) is 9.47 Å². The minimum absolute atomic E-state index is 0.235. The topological polar surface area (TPSA) is 148 Å². The van der Waals surface area contributed by atoms with Gasteiger partial charge in [0, 0.05) is 25.6 Å². The van der Waals surface area contributed by atoms with Crippen molar-refractivity contribution in [3.63, 3.8) is 0 Å². The van der Waals surface area contributed by atoms with Crippen molar-refractivity contribution in [1.82, 2.24) is 19.9 Å².